The zero-order valence-electron chi connectivity index (χ0n) is 15.4. The molecule has 1 N–H and O–H groups in total. The third-order valence-corrected chi connectivity index (χ3v) is 5.36. The standard InChI is InChI=1S/C19H16BrClN4O3S/c1-11(2)23-19-24(17(10-29-19)12-3-5-14(20)6-4-12)22-9-13-7-15(21)8-16(18(13)26)25(27)28/h3-11,26H,1-2H3. The molecule has 0 fully saturated rings. The van der Waals surface area contributed by atoms with Crippen LogP contribution in [-0.4, -0.2) is 27.0 Å². The van der Waals surface area contributed by atoms with Crippen molar-refractivity contribution in [1.82, 2.24) is 4.68 Å². The van der Waals surface area contributed by atoms with Crippen LogP contribution in [0.25, 0.3) is 11.3 Å². The predicted molar refractivity (Wildman–Crippen MR) is 119 cm³/mol. The van der Waals surface area contributed by atoms with E-state index in [4.69, 9.17) is 11.6 Å². The summed E-state index contributed by atoms with van der Waals surface area (Å²) < 4.78 is 2.59. The van der Waals surface area contributed by atoms with E-state index >= 15 is 0 Å². The molecule has 0 aliphatic carbocycles. The van der Waals surface area contributed by atoms with E-state index in [0.29, 0.717) is 4.80 Å². The molecule has 0 radical (unpaired) electrons. The molecule has 1 aromatic heterocycles. The van der Waals surface area contributed by atoms with Crippen LogP contribution < -0.4 is 4.80 Å². The number of aromatic hydroxyl groups is 1. The monoisotopic (exact) mass is 494 g/mol. The summed E-state index contributed by atoms with van der Waals surface area (Å²) in [6.45, 7) is 3.92. The fraction of sp³-hybridized carbons (Fsp3) is 0.158. The maximum atomic E-state index is 11.1. The number of hydrogen-bond donors (Lipinski definition) is 1. The summed E-state index contributed by atoms with van der Waals surface area (Å²) in [4.78, 5) is 15.7. The second kappa shape index (κ2) is 8.89. The molecule has 2 aromatic carbocycles. The minimum Gasteiger partial charge on any atom is -0.502 e. The molecule has 0 saturated heterocycles. The van der Waals surface area contributed by atoms with Crippen LogP contribution in [0.2, 0.25) is 5.02 Å². The highest BCUT2D eigenvalue weighted by Gasteiger charge is 2.18. The number of nitro groups is 1. The minimum atomic E-state index is -0.691. The summed E-state index contributed by atoms with van der Waals surface area (Å²) >= 11 is 10.8. The maximum Gasteiger partial charge on any atom is 0.312 e. The highest BCUT2D eigenvalue weighted by atomic mass is 79.9. The van der Waals surface area contributed by atoms with Gasteiger partial charge in [-0.15, -0.1) is 11.3 Å². The van der Waals surface area contributed by atoms with E-state index in [9.17, 15) is 15.2 Å². The Labute approximate surface area is 183 Å². The van der Waals surface area contributed by atoms with Gasteiger partial charge in [-0.2, -0.15) is 5.10 Å². The predicted octanol–water partition coefficient (Wildman–Crippen LogP) is 5.44. The first-order chi connectivity index (χ1) is 13.8. The van der Waals surface area contributed by atoms with Crippen LogP contribution in [0.3, 0.4) is 0 Å². The lowest BCUT2D eigenvalue weighted by Crippen LogP contribution is -2.14. The normalized spacial score (nSPS) is 12.2. The van der Waals surface area contributed by atoms with Gasteiger partial charge in [0, 0.05) is 38.1 Å². The quantitative estimate of drug-likeness (QED) is 0.290. The van der Waals surface area contributed by atoms with Crippen molar-refractivity contribution >= 4 is 50.8 Å². The first-order valence-corrected chi connectivity index (χ1v) is 10.5. The van der Waals surface area contributed by atoms with Gasteiger partial charge in [-0.1, -0.05) is 39.7 Å². The number of nitrogens with zero attached hydrogens (tertiary/aromatic N) is 4. The van der Waals surface area contributed by atoms with Crippen LogP contribution >= 0.6 is 38.9 Å². The molecule has 0 aliphatic heterocycles. The Morgan fingerprint density at radius 2 is 2.00 bits per heavy atom. The van der Waals surface area contributed by atoms with Crippen molar-refractivity contribution in [3.63, 3.8) is 0 Å². The van der Waals surface area contributed by atoms with Gasteiger partial charge in [0.2, 0.25) is 10.6 Å². The van der Waals surface area contributed by atoms with E-state index in [2.05, 4.69) is 26.0 Å². The number of hydrogen-bond acceptors (Lipinski definition) is 6. The Kier molecular flexibility index (Phi) is 6.51. The summed E-state index contributed by atoms with van der Waals surface area (Å²) in [6, 6.07) is 10.3. The van der Waals surface area contributed by atoms with Gasteiger partial charge in [0.1, 0.15) is 0 Å². The van der Waals surface area contributed by atoms with Gasteiger partial charge in [0.25, 0.3) is 0 Å². The van der Waals surface area contributed by atoms with Gasteiger partial charge in [0.05, 0.1) is 16.8 Å². The van der Waals surface area contributed by atoms with Crippen molar-refractivity contribution in [3.8, 4) is 17.0 Å². The first kappa shape index (κ1) is 21.2. The summed E-state index contributed by atoms with van der Waals surface area (Å²) in [5.74, 6) is -0.494. The molecule has 3 rings (SSSR count). The average molecular weight is 496 g/mol. The van der Waals surface area contributed by atoms with Gasteiger partial charge >= 0.3 is 5.69 Å². The van der Waals surface area contributed by atoms with Gasteiger partial charge in [-0.05, 0) is 32.0 Å². The van der Waals surface area contributed by atoms with Gasteiger partial charge < -0.3 is 5.11 Å². The molecule has 0 saturated carbocycles. The lowest BCUT2D eigenvalue weighted by atomic mass is 10.2. The molecule has 150 valence electrons. The summed E-state index contributed by atoms with van der Waals surface area (Å²) in [7, 11) is 0. The van der Waals surface area contributed by atoms with Crippen LogP contribution in [0.1, 0.15) is 19.4 Å². The Morgan fingerprint density at radius 1 is 1.31 bits per heavy atom. The van der Waals surface area contributed by atoms with Crippen molar-refractivity contribution in [2.75, 3.05) is 0 Å². The number of thiazole rings is 1. The van der Waals surface area contributed by atoms with E-state index in [0.717, 1.165) is 21.8 Å². The Bertz CT molecular complexity index is 1150. The van der Waals surface area contributed by atoms with Crippen molar-refractivity contribution < 1.29 is 10.0 Å². The molecule has 3 aromatic rings. The molecule has 0 bridgehead atoms. The topological polar surface area (TPSA) is 93.0 Å². The Morgan fingerprint density at radius 3 is 2.62 bits per heavy atom. The largest absolute Gasteiger partial charge is 0.502 e. The van der Waals surface area contributed by atoms with Crippen molar-refractivity contribution in [1.29, 1.82) is 0 Å². The molecule has 0 atom stereocenters. The molecule has 0 aliphatic rings. The SMILES string of the molecule is CC(C)N=c1scc(-c2ccc(Br)cc2)n1N=Cc1cc(Cl)cc([N+](=O)[O-])c1O. The number of phenolic OH excluding ortho intramolecular Hbond substituents is 1. The third kappa shape index (κ3) is 4.92. The van der Waals surface area contributed by atoms with Gasteiger partial charge in [-0.25, -0.2) is 4.68 Å². The summed E-state index contributed by atoms with van der Waals surface area (Å²) in [6.07, 6.45) is 1.34. The van der Waals surface area contributed by atoms with E-state index in [1.165, 1.54) is 23.6 Å². The average Bonchev–Trinajstić information content (AvgIpc) is 3.04. The molecule has 0 amide bonds. The van der Waals surface area contributed by atoms with Gasteiger partial charge in [0.15, 0.2) is 0 Å². The maximum absolute atomic E-state index is 11.1. The molecular formula is C19H16BrClN4O3S. The Balaban J connectivity index is 2.14. The highest BCUT2D eigenvalue weighted by molar-refractivity contribution is 9.10. The number of nitro benzene ring substituents is 1. The van der Waals surface area contributed by atoms with Crippen molar-refractivity contribution in [2.24, 2.45) is 10.1 Å². The van der Waals surface area contributed by atoms with Crippen LogP contribution in [0.5, 0.6) is 5.75 Å². The molecule has 0 unspecified atom stereocenters. The molecule has 1 heterocycles. The number of aromatic nitrogens is 1. The third-order valence-electron chi connectivity index (χ3n) is 3.79. The van der Waals surface area contributed by atoms with Crippen molar-refractivity contribution in [3.05, 3.63) is 71.8 Å². The van der Waals surface area contributed by atoms with Gasteiger partial charge in [-0.3, -0.25) is 15.1 Å². The fourth-order valence-electron chi connectivity index (χ4n) is 2.50. The lowest BCUT2D eigenvalue weighted by Gasteiger charge is -2.05. The number of halogens is 2. The fourth-order valence-corrected chi connectivity index (χ4v) is 3.96. The van der Waals surface area contributed by atoms with E-state index in [1.807, 2.05) is 43.5 Å². The summed E-state index contributed by atoms with van der Waals surface area (Å²) in [5, 5.41) is 27.8. The molecular weight excluding hydrogens is 480 g/mol. The number of rotatable bonds is 5. The van der Waals surface area contributed by atoms with Crippen LogP contribution in [0.4, 0.5) is 5.69 Å². The zero-order chi connectivity index (χ0) is 21.1. The smallest absolute Gasteiger partial charge is 0.312 e. The Hall–Kier alpha value is -2.49. The first-order valence-electron chi connectivity index (χ1n) is 8.48. The van der Waals surface area contributed by atoms with Crippen LogP contribution in [0.15, 0.2) is 56.3 Å². The second-order valence-electron chi connectivity index (χ2n) is 6.31. The number of phenols is 1. The second-order valence-corrected chi connectivity index (χ2v) is 8.50. The van der Waals surface area contributed by atoms with E-state index in [1.54, 1.807) is 4.68 Å². The number of benzene rings is 2. The van der Waals surface area contributed by atoms with Crippen LogP contribution in [-0.2, 0) is 0 Å². The molecule has 10 heteroatoms. The molecule has 7 nitrogen and oxygen atoms in total. The minimum absolute atomic E-state index is 0.0496. The van der Waals surface area contributed by atoms with Crippen LogP contribution in [0, 0.1) is 10.1 Å². The lowest BCUT2D eigenvalue weighted by molar-refractivity contribution is -0.385. The summed E-state index contributed by atoms with van der Waals surface area (Å²) in [5.41, 5.74) is 1.39. The molecule has 29 heavy (non-hydrogen) atoms. The molecule has 0 spiro atoms. The highest BCUT2D eigenvalue weighted by Crippen LogP contribution is 2.32. The zero-order valence-corrected chi connectivity index (χ0v) is 18.6. The van der Waals surface area contributed by atoms with E-state index < -0.39 is 16.4 Å². The van der Waals surface area contributed by atoms with E-state index in [-0.39, 0.29) is 16.6 Å². The van der Waals surface area contributed by atoms with Crippen molar-refractivity contribution in [2.45, 2.75) is 19.9 Å².